The molecule has 0 spiro atoms. The quantitative estimate of drug-likeness (QED) is 0.831. The molecule has 2 aromatic rings. The molecule has 0 bridgehead atoms. The van der Waals surface area contributed by atoms with Crippen molar-refractivity contribution in [1.29, 1.82) is 0 Å². The van der Waals surface area contributed by atoms with Gasteiger partial charge in [-0.2, -0.15) is 8.78 Å². The van der Waals surface area contributed by atoms with Gasteiger partial charge in [0.1, 0.15) is 5.75 Å². The summed E-state index contributed by atoms with van der Waals surface area (Å²) in [5.41, 5.74) is 6.20. The van der Waals surface area contributed by atoms with E-state index in [4.69, 9.17) is 15.6 Å². The largest absolute Gasteiger partial charge is 0.455 e. The van der Waals surface area contributed by atoms with Crippen molar-refractivity contribution in [3.05, 3.63) is 47.8 Å². The first-order chi connectivity index (χ1) is 9.99. The van der Waals surface area contributed by atoms with Gasteiger partial charge in [-0.25, -0.2) is 4.39 Å². The highest BCUT2D eigenvalue weighted by Gasteiger charge is 2.14. The zero-order chi connectivity index (χ0) is 15.4. The molecule has 0 heterocycles. The molecule has 4 nitrogen and oxygen atoms in total. The Morgan fingerprint density at radius 2 is 1.76 bits per heavy atom. The van der Waals surface area contributed by atoms with E-state index in [1.54, 1.807) is 24.3 Å². The molecular weight excluding hydrogens is 287 g/mol. The third-order valence-electron chi connectivity index (χ3n) is 2.61. The SMILES string of the molecule is Nc1cc(F)c(OC(F)F)cc1Oc1ccc(CO)cc1. The lowest BCUT2D eigenvalue weighted by Crippen LogP contribution is -2.05. The fourth-order valence-corrected chi connectivity index (χ4v) is 1.61. The lowest BCUT2D eigenvalue weighted by molar-refractivity contribution is -0.0522. The second-order valence-electron chi connectivity index (χ2n) is 4.10. The summed E-state index contributed by atoms with van der Waals surface area (Å²) in [4.78, 5) is 0. The second kappa shape index (κ2) is 6.36. The van der Waals surface area contributed by atoms with E-state index < -0.39 is 18.2 Å². The van der Waals surface area contributed by atoms with Crippen molar-refractivity contribution in [2.45, 2.75) is 13.2 Å². The molecule has 2 rings (SSSR count). The van der Waals surface area contributed by atoms with Crippen LogP contribution in [0.3, 0.4) is 0 Å². The highest BCUT2D eigenvalue weighted by Crippen LogP contribution is 2.34. The third kappa shape index (κ3) is 3.79. The van der Waals surface area contributed by atoms with Crippen LogP contribution >= 0.6 is 0 Å². The molecule has 0 saturated heterocycles. The van der Waals surface area contributed by atoms with Gasteiger partial charge in [0.2, 0.25) is 0 Å². The number of benzene rings is 2. The predicted molar refractivity (Wildman–Crippen MR) is 69.9 cm³/mol. The Labute approximate surface area is 118 Å². The van der Waals surface area contributed by atoms with Gasteiger partial charge in [0, 0.05) is 12.1 Å². The van der Waals surface area contributed by atoms with E-state index in [9.17, 15) is 13.2 Å². The van der Waals surface area contributed by atoms with Crippen molar-refractivity contribution in [2.24, 2.45) is 0 Å². The van der Waals surface area contributed by atoms with Crippen LogP contribution in [0, 0.1) is 5.82 Å². The van der Waals surface area contributed by atoms with Crippen molar-refractivity contribution < 1.29 is 27.8 Å². The molecule has 21 heavy (non-hydrogen) atoms. The standard InChI is InChI=1S/C14H12F3NO3/c15-10-5-11(18)13(6-12(10)21-14(16)17)20-9-3-1-8(7-19)2-4-9/h1-6,14,19H,7,18H2. The van der Waals surface area contributed by atoms with E-state index in [-0.39, 0.29) is 18.0 Å². The zero-order valence-electron chi connectivity index (χ0n) is 10.7. The Morgan fingerprint density at radius 3 is 2.33 bits per heavy atom. The smallest absolute Gasteiger partial charge is 0.387 e. The van der Waals surface area contributed by atoms with Gasteiger partial charge in [-0.15, -0.1) is 0 Å². The Morgan fingerprint density at radius 1 is 1.10 bits per heavy atom. The molecule has 0 unspecified atom stereocenters. The van der Waals surface area contributed by atoms with Crippen molar-refractivity contribution in [2.75, 3.05) is 5.73 Å². The van der Waals surface area contributed by atoms with E-state index in [0.29, 0.717) is 11.3 Å². The van der Waals surface area contributed by atoms with E-state index >= 15 is 0 Å². The van der Waals surface area contributed by atoms with Crippen LogP contribution in [0.25, 0.3) is 0 Å². The number of rotatable bonds is 5. The summed E-state index contributed by atoms with van der Waals surface area (Å²) in [6, 6.07) is 8.15. The molecule has 0 saturated carbocycles. The molecule has 0 atom stereocenters. The van der Waals surface area contributed by atoms with Crippen LogP contribution in [0.4, 0.5) is 18.9 Å². The van der Waals surface area contributed by atoms with Gasteiger partial charge in [-0.3, -0.25) is 0 Å². The van der Waals surface area contributed by atoms with Gasteiger partial charge in [-0.1, -0.05) is 12.1 Å². The molecule has 2 aromatic carbocycles. The maximum Gasteiger partial charge on any atom is 0.387 e. The van der Waals surface area contributed by atoms with Gasteiger partial charge in [0.15, 0.2) is 17.3 Å². The van der Waals surface area contributed by atoms with Gasteiger partial charge in [-0.05, 0) is 17.7 Å². The summed E-state index contributed by atoms with van der Waals surface area (Å²) < 4.78 is 47.1. The number of hydrogen-bond donors (Lipinski definition) is 2. The van der Waals surface area contributed by atoms with E-state index in [0.717, 1.165) is 12.1 Å². The van der Waals surface area contributed by atoms with Gasteiger partial charge in [0.25, 0.3) is 0 Å². The molecule has 0 aliphatic carbocycles. The maximum absolute atomic E-state index is 13.4. The Kier molecular flexibility index (Phi) is 4.54. The second-order valence-corrected chi connectivity index (χ2v) is 4.10. The van der Waals surface area contributed by atoms with Crippen LogP contribution in [0.15, 0.2) is 36.4 Å². The predicted octanol–water partition coefficient (Wildman–Crippen LogP) is 3.29. The molecule has 0 amide bonds. The topological polar surface area (TPSA) is 64.7 Å². The molecule has 3 N–H and O–H groups in total. The molecule has 0 radical (unpaired) electrons. The minimum absolute atomic E-state index is 0.0104. The van der Waals surface area contributed by atoms with Crippen molar-refractivity contribution in [3.63, 3.8) is 0 Å². The molecule has 0 aliphatic heterocycles. The van der Waals surface area contributed by atoms with Crippen LogP contribution in [0.1, 0.15) is 5.56 Å². The number of nitrogens with two attached hydrogens (primary N) is 1. The fourth-order valence-electron chi connectivity index (χ4n) is 1.61. The van der Waals surface area contributed by atoms with Gasteiger partial charge < -0.3 is 20.3 Å². The average molecular weight is 299 g/mol. The summed E-state index contributed by atoms with van der Waals surface area (Å²) in [6.07, 6.45) is 0. The van der Waals surface area contributed by atoms with Gasteiger partial charge in [0.05, 0.1) is 12.3 Å². The van der Waals surface area contributed by atoms with Crippen LogP contribution < -0.4 is 15.2 Å². The minimum atomic E-state index is -3.15. The molecule has 0 aromatic heterocycles. The first-order valence-corrected chi connectivity index (χ1v) is 5.91. The molecule has 0 aliphatic rings. The first-order valence-electron chi connectivity index (χ1n) is 5.91. The number of nitrogen functional groups attached to an aromatic ring is 1. The summed E-state index contributed by atoms with van der Waals surface area (Å²) >= 11 is 0. The van der Waals surface area contributed by atoms with Crippen LogP contribution in [0.2, 0.25) is 0 Å². The first kappa shape index (κ1) is 15.0. The van der Waals surface area contributed by atoms with Crippen molar-refractivity contribution in [3.8, 4) is 17.2 Å². The number of anilines is 1. The Balaban J connectivity index is 2.25. The third-order valence-corrected chi connectivity index (χ3v) is 2.61. The number of halogens is 3. The highest BCUT2D eigenvalue weighted by molar-refractivity contribution is 5.57. The summed E-state index contributed by atoms with van der Waals surface area (Å²) in [7, 11) is 0. The number of alkyl halides is 2. The van der Waals surface area contributed by atoms with Crippen molar-refractivity contribution >= 4 is 5.69 Å². The number of ether oxygens (including phenoxy) is 2. The van der Waals surface area contributed by atoms with E-state index in [1.165, 1.54) is 0 Å². The summed E-state index contributed by atoms with van der Waals surface area (Å²) in [5, 5.41) is 8.92. The van der Waals surface area contributed by atoms with Crippen LogP contribution in [-0.4, -0.2) is 11.7 Å². The van der Waals surface area contributed by atoms with Crippen molar-refractivity contribution in [1.82, 2.24) is 0 Å². The Hall–Kier alpha value is -2.41. The monoisotopic (exact) mass is 299 g/mol. The lowest BCUT2D eigenvalue weighted by atomic mass is 10.2. The van der Waals surface area contributed by atoms with Crippen LogP contribution in [-0.2, 0) is 6.61 Å². The van der Waals surface area contributed by atoms with E-state index in [1.807, 2.05) is 0 Å². The highest BCUT2D eigenvalue weighted by atomic mass is 19.3. The fraction of sp³-hybridized carbons (Fsp3) is 0.143. The number of hydrogen-bond acceptors (Lipinski definition) is 4. The maximum atomic E-state index is 13.4. The van der Waals surface area contributed by atoms with Gasteiger partial charge >= 0.3 is 6.61 Å². The number of aliphatic hydroxyl groups excluding tert-OH is 1. The lowest BCUT2D eigenvalue weighted by Gasteiger charge is -2.12. The minimum Gasteiger partial charge on any atom is -0.455 e. The van der Waals surface area contributed by atoms with Crippen LogP contribution in [0.5, 0.6) is 17.2 Å². The molecule has 0 fully saturated rings. The summed E-state index contributed by atoms with van der Waals surface area (Å²) in [5.74, 6) is -1.31. The Bertz CT molecular complexity index is 618. The van der Waals surface area contributed by atoms with E-state index in [2.05, 4.69) is 4.74 Å². The molecule has 112 valence electrons. The normalized spacial score (nSPS) is 10.7. The zero-order valence-corrected chi connectivity index (χ0v) is 10.7. The molecular formula is C14H12F3NO3. The average Bonchev–Trinajstić information content (AvgIpc) is 2.44. The molecule has 7 heteroatoms. The summed E-state index contributed by atoms with van der Waals surface area (Å²) in [6.45, 7) is -3.27. The number of aliphatic hydroxyl groups is 1.